The van der Waals surface area contributed by atoms with E-state index in [0.717, 1.165) is 9.89 Å². The van der Waals surface area contributed by atoms with E-state index in [1.54, 1.807) is 5.43 Å². The van der Waals surface area contributed by atoms with Crippen LogP contribution in [0.5, 0.6) is 5.75 Å². The van der Waals surface area contributed by atoms with Crippen molar-refractivity contribution in [2.24, 2.45) is 15.5 Å². The van der Waals surface area contributed by atoms with Crippen LogP contribution < -0.4 is 21.2 Å². The molecule has 0 saturated carbocycles. The number of quaternary nitrogens is 1. The topological polar surface area (TPSA) is 62.9 Å². The average Bonchev–Trinajstić information content (AvgIpc) is 2.88. The van der Waals surface area contributed by atoms with E-state index in [-0.39, 0.29) is 19.8 Å². The Labute approximate surface area is 142 Å². The second kappa shape index (κ2) is 6.79. The molecule has 0 saturated heterocycles. The first-order chi connectivity index (χ1) is 9.68. The summed E-state index contributed by atoms with van der Waals surface area (Å²) in [5.41, 5.74) is 1.79. The van der Waals surface area contributed by atoms with Crippen molar-refractivity contribution < 1.29 is 38.1 Å². The minimum atomic E-state index is -3.15. The predicted molar refractivity (Wildman–Crippen MR) is 80.7 cm³/mol. The Balaban J connectivity index is 0.00000242. The summed E-state index contributed by atoms with van der Waals surface area (Å²) in [6, 6.07) is 10.0. The monoisotopic (exact) mass is 360 g/mol. The minimum Gasteiger partial charge on any atom is -1.00 e. The number of benzene rings is 1. The van der Waals surface area contributed by atoms with E-state index >= 15 is 0 Å². The van der Waals surface area contributed by atoms with Gasteiger partial charge in [0.25, 0.3) is 0 Å². The van der Waals surface area contributed by atoms with Crippen LogP contribution in [0.1, 0.15) is 41.5 Å². The Hall–Kier alpha value is -0.746. The molecule has 1 aromatic rings. The summed E-state index contributed by atoms with van der Waals surface area (Å²) in [6.07, 6.45) is 0. The standard InChI is InChI=1S/C6H6O.2C4H9.CH2N4.ClH.Ti/c7-6-4-2-1-3-5-6;2*1-4(2)3;1-2-4-5-3-1;;/h1-5,7H;2*1-3H3;2H2;1H;/q;;;+1;;+1/p-2. The normalized spacial score (nSPS) is 15.3. The van der Waals surface area contributed by atoms with Crippen molar-refractivity contribution in [3.8, 4) is 5.75 Å². The number of rotatable bonds is 3. The van der Waals surface area contributed by atoms with Gasteiger partial charge in [-0.1, -0.05) is 0 Å². The van der Waals surface area contributed by atoms with Crippen molar-refractivity contribution in [2.45, 2.75) is 49.0 Å². The Morgan fingerprint density at radius 1 is 0.955 bits per heavy atom. The molecule has 0 atom stereocenters. The molecule has 0 fully saturated rings. The second-order valence-electron chi connectivity index (χ2n) is 7.42. The number of para-hydroxylation sites is 1. The molecule has 0 unspecified atom stereocenters. The third kappa shape index (κ3) is 3.43. The van der Waals surface area contributed by atoms with Gasteiger partial charge in [0, 0.05) is 0 Å². The van der Waals surface area contributed by atoms with E-state index in [9.17, 15) is 0 Å². The summed E-state index contributed by atoms with van der Waals surface area (Å²) < 4.78 is 7.68. The van der Waals surface area contributed by atoms with E-state index in [0.29, 0.717) is 0 Å². The van der Waals surface area contributed by atoms with Gasteiger partial charge in [0.15, 0.2) is 0 Å². The van der Waals surface area contributed by atoms with Crippen molar-refractivity contribution in [1.82, 2.24) is 0 Å². The quantitative estimate of drug-likeness (QED) is 0.629. The zero-order valence-corrected chi connectivity index (χ0v) is 16.4. The zero-order valence-electron chi connectivity index (χ0n) is 14.1. The van der Waals surface area contributed by atoms with E-state index in [2.05, 4.69) is 57.1 Å². The van der Waals surface area contributed by atoms with Crippen LogP contribution >= 0.6 is 0 Å². The predicted octanol–water partition coefficient (Wildman–Crippen LogP) is 0.790. The van der Waals surface area contributed by atoms with E-state index in [1.807, 2.05) is 30.3 Å². The van der Waals surface area contributed by atoms with Crippen LogP contribution in [0.4, 0.5) is 0 Å². The maximum atomic E-state index is 6.72. The number of amidine groups is 1. The van der Waals surface area contributed by atoms with Gasteiger partial charge in [0.2, 0.25) is 0 Å². The summed E-state index contributed by atoms with van der Waals surface area (Å²) >= 11 is -3.15. The van der Waals surface area contributed by atoms with Crippen molar-refractivity contribution in [3.05, 3.63) is 30.3 Å². The number of nitrogens with two attached hydrogens (primary N) is 1. The van der Waals surface area contributed by atoms with Crippen LogP contribution in [0.3, 0.4) is 0 Å². The Morgan fingerprint density at radius 3 is 1.91 bits per heavy atom. The Kier molecular flexibility index (Phi) is 5.96. The van der Waals surface area contributed by atoms with Crippen molar-refractivity contribution in [3.63, 3.8) is 0 Å². The molecule has 122 valence electrons. The first kappa shape index (κ1) is 19.3. The molecular weight excluding hydrogens is 336 g/mol. The molecule has 0 radical (unpaired) electrons. The van der Waals surface area contributed by atoms with E-state index < -0.39 is 17.0 Å². The van der Waals surface area contributed by atoms with Crippen LogP contribution in [0.25, 0.3) is 0 Å². The van der Waals surface area contributed by atoms with E-state index in [1.165, 1.54) is 0 Å². The molecule has 0 aromatic heterocycles. The van der Waals surface area contributed by atoms with Gasteiger partial charge >= 0.3 is 130 Å². The molecule has 1 aromatic carbocycles. The third-order valence-corrected chi connectivity index (χ3v) is 12.8. The van der Waals surface area contributed by atoms with Crippen LogP contribution in [-0.2, 0) is 17.0 Å². The molecule has 0 bridgehead atoms. The summed E-state index contributed by atoms with van der Waals surface area (Å²) in [5.74, 6) is 0.908. The molecule has 1 aliphatic rings. The molecule has 2 rings (SSSR count). The average molecular weight is 361 g/mol. The van der Waals surface area contributed by atoms with Crippen molar-refractivity contribution in [2.75, 3.05) is 0 Å². The molecule has 1 aliphatic heterocycles. The fourth-order valence-electron chi connectivity index (χ4n) is 3.26. The SMILES string of the molecule is C[C](C)(C)[Ti]([O]c1ccccc1)([C]1=NN=N[NH2+]1)[C](C)(C)C.[Cl-]. The summed E-state index contributed by atoms with van der Waals surface area (Å²) in [5, 5.41) is 12.1. The summed E-state index contributed by atoms with van der Waals surface area (Å²) in [6.45, 7) is 13.5. The molecule has 1 heterocycles. The maximum absolute atomic E-state index is 6.72. The largest absolute Gasteiger partial charge is 1.00 e. The number of hydrogen-bond acceptors (Lipinski definition) is 4. The minimum absolute atomic E-state index is 0. The summed E-state index contributed by atoms with van der Waals surface area (Å²) in [7, 11) is 0. The summed E-state index contributed by atoms with van der Waals surface area (Å²) in [4.78, 5) is 0. The molecule has 2 N–H and O–H groups in total. The zero-order chi connectivity index (χ0) is 15.7. The van der Waals surface area contributed by atoms with Crippen molar-refractivity contribution in [1.29, 1.82) is 0 Å². The van der Waals surface area contributed by atoms with Gasteiger partial charge in [-0.05, 0) is 0 Å². The van der Waals surface area contributed by atoms with Crippen LogP contribution in [0.2, 0.25) is 7.44 Å². The smallest absolute Gasteiger partial charge is 1.00 e. The number of hydrogen-bond donors (Lipinski definition) is 1. The molecular formula is C15H25ClN4OTi. The first-order valence-electron chi connectivity index (χ1n) is 7.24. The molecule has 0 aliphatic carbocycles. The molecule has 0 spiro atoms. The van der Waals surface area contributed by atoms with Gasteiger partial charge < -0.3 is 12.4 Å². The van der Waals surface area contributed by atoms with Gasteiger partial charge in [-0.3, -0.25) is 0 Å². The van der Waals surface area contributed by atoms with Gasteiger partial charge in [-0.15, -0.1) is 0 Å². The Morgan fingerprint density at radius 2 is 1.50 bits per heavy atom. The molecule has 22 heavy (non-hydrogen) atoms. The maximum Gasteiger partial charge on any atom is -1.00 e. The molecule has 0 amide bonds. The number of halogens is 1. The second-order valence-corrected chi connectivity index (χ2v) is 15.3. The number of nitrogens with zero attached hydrogens (tertiary/aromatic N) is 3. The van der Waals surface area contributed by atoms with Crippen LogP contribution in [-0.4, -0.2) is 4.14 Å². The van der Waals surface area contributed by atoms with Crippen molar-refractivity contribution >= 4 is 4.14 Å². The van der Waals surface area contributed by atoms with Gasteiger partial charge in [0.05, 0.1) is 0 Å². The first-order valence-corrected chi connectivity index (χ1v) is 10.2. The van der Waals surface area contributed by atoms with Crippen LogP contribution in [0, 0.1) is 0 Å². The third-order valence-electron chi connectivity index (χ3n) is 3.87. The fraction of sp³-hybridized carbons (Fsp3) is 0.533. The molecule has 5 nitrogen and oxygen atoms in total. The van der Waals surface area contributed by atoms with Crippen LogP contribution in [0.15, 0.2) is 45.9 Å². The molecule has 7 heteroatoms. The fourth-order valence-corrected chi connectivity index (χ4v) is 11.7. The van der Waals surface area contributed by atoms with Gasteiger partial charge in [-0.25, -0.2) is 0 Å². The van der Waals surface area contributed by atoms with E-state index in [4.69, 9.17) is 3.32 Å². The van der Waals surface area contributed by atoms with Gasteiger partial charge in [0.1, 0.15) is 0 Å². The Bertz CT molecular complexity index is 547. The van der Waals surface area contributed by atoms with Gasteiger partial charge in [-0.2, -0.15) is 0 Å².